The largest absolute Gasteiger partial charge is 0.493 e. The molecule has 0 aliphatic carbocycles. The molecule has 1 N–H and O–H groups in total. The van der Waals surface area contributed by atoms with Crippen molar-refractivity contribution < 1.29 is 14.6 Å². The Labute approximate surface area is 148 Å². The highest BCUT2D eigenvalue weighted by Crippen LogP contribution is 2.38. The molecule has 26 heavy (non-hydrogen) atoms. The summed E-state index contributed by atoms with van der Waals surface area (Å²) in [6, 6.07) is 5.28. The van der Waals surface area contributed by atoms with Gasteiger partial charge in [-0.2, -0.15) is 5.10 Å². The number of carbonyl (C=O) groups is 1. The van der Waals surface area contributed by atoms with Gasteiger partial charge in [-0.25, -0.2) is 18.9 Å². The number of hydrogen-bond acceptors (Lipinski definition) is 5. The average molecular weight is 351 g/mol. The second-order valence-electron chi connectivity index (χ2n) is 6.23. The van der Waals surface area contributed by atoms with E-state index in [0.29, 0.717) is 33.7 Å². The van der Waals surface area contributed by atoms with E-state index in [9.17, 15) is 9.90 Å². The Morgan fingerprint density at radius 2 is 2.12 bits per heavy atom. The van der Waals surface area contributed by atoms with E-state index in [4.69, 9.17) is 4.74 Å². The third-order valence-electron chi connectivity index (χ3n) is 4.36. The molecule has 4 rings (SSSR count). The molecule has 0 fully saturated rings. The van der Waals surface area contributed by atoms with Crippen LogP contribution in [0.1, 0.15) is 25.3 Å². The third-order valence-corrected chi connectivity index (χ3v) is 4.36. The molecule has 8 heteroatoms. The molecule has 0 saturated carbocycles. The molecule has 0 aliphatic rings. The summed E-state index contributed by atoms with van der Waals surface area (Å²) in [5, 5.41) is 14.1. The number of ether oxygens (including phenoxy) is 1. The fourth-order valence-electron chi connectivity index (χ4n) is 3.34. The Kier molecular flexibility index (Phi) is 3.61. The van der Waals surface area contributed by atoms with Crippen LogP contribution >= 0.6 is 0 Å². The highest BCUT2D eigenvalue weighted by Gasteiger charge is 2.26. The van der Waals surface area contributed by atoms with E-state index in [0.717, 1.165) is 5.56 Å². The summed E-state index contributed by atoms with van der Waals surface area (Å²) in [6.45, 7) is 4.04. The molecule has 0 aromatic carbocycles. The van der Waals surface area contributed by atoms with Crippen molar-refractivity contribution in [1.82, 2.24) is 24.1 Å². The van der Waals surface area contributed by atoms with Crippen molar-refractivity contribution in [1.29, 1.82) is 0 Å². The minimum atomic E-state index is -1.07. The van der Waals surface area contributed by atoms with E-state index in [1.807, 2.05) is 13.8 Å². The highest BCUT2D eigenvalue weighted by molar-refractivity contribution is 5.97. The van der Waals surface area contributed by atoms with Gasteiger partial charge in [-0.05, 0) is 24.1 Å². The summed E-state index contributed by atoms with van der Waals surface area (Å²) in [4.78, 5) is 20.7. The van der Waals surface area contributed by atoms with E-state index in [1.165, 1.54) is 10.9 Å². The Morgan fingerprint density at radius 3 is 2.81 bits per heavy atom. The van der Waals surface area contributed by atoms with Crippen molar-refractivity contribution in [2.24, 2.45) is 0 Å². The summed E-state index contributed by atoms with van der Waals surface area (Å²) >= 11 is 0. The van der Waals surface area contributed by atoms with Gasteiger partial charge in [0.25, 0.3) is 0 Å². The van der Waals surface area contributed by atoms with Crippen molar-refractivity contribution in [3.05, 3.63) is 42.5 Å². The molecular weight excluding hydrogens is 334 g/mol. The van der Waals surface area contributed by atoms with Crippen LogP contribution in [0.25, 0.3) is 27.9 Å². The average Bonchev–Trinajstić information content (AvgIpc) is 3.22. The maximum absolute atomic E-state index is 12.1. The minimum Gasteiger partial charge on any atom is -0.493 e. The molecule has 0 radical (unpaired) electrons. The van der Waals surface area contributed by atoms with Crippen LogP contribution in [0.3, 0.4) is 0 Å². The lowest BCUT2D eigenvalue weighted by Crippen LogP contribution is -2.10. The lowest BCUT2D eigenvalue weighted by Gasteiger charge is -2.12. The van der Waals surface area contributed by atoms with E-state index in [-0.39, 0.29) is 5.92 Å². The van der Waals surface area contributed by atoms with Crippen LogP contribution in [-0.2, 0) is 0 Å². The van der Waals surface area contributed by atoms with Gasteiger partial charge in [-0.3, -0.25) is 4.98 Å². The van der Waals surface area contributed by atoms with Crippen molar-refractivity contribution in [2.45, 2.75) is 19.8 Å². The highest BCUT2D eigenvalue weighted by atomic mass is 16.5. The summed E-state index contributed by atoms with van der Waals surface area (Å²) in [7, 11) is 1.55. The van der Waals surface area contributed by atoms with Crippen LogP contribution in [0.5, 0.6) is 5.75 Å². The van der Waals surface area contributed by atoms with Gasteiger partial charge in [0, 0.05) is 23.5 Å². The zero-order chi connectivity index (χ0) is 18.4. The third kappa shape index (κ3) is 2.22. The normalized spacial score (nSPS) is 11.5. The van der Waals surface area contributed by atoms with Gasteiger partial charge in [0.05, 0.1) is 23.8 Å². The van der Waals surface area contributed by atoms with Crippen LogP contribution in [0.15, 0.2) is 36.9 Å². The molecule has 0 unspecified atom stereocenters. The van der Waals surface area contributed by atoms with Crippen LogP contribution in [0.4, 0.5) is 4.79 Å². The van der Waals surface area contributed by atoms with Crippen molar-refractivity contribution in [2.75, 3.05) is 7.11 Å². The Balaban J connectivity index is 2.16. The minimum absolute atomic E-state index is 0.0699. The molecule has 0 amide bonds. The van der Waals surface area contributed by atoms with E-state index < -0.39 is 6.09 Å². The smallest absolute Gasteiger partial charge is 0.416 e. The summed E-state index contributed by atoms with van der Waals surface area (Å²) in [5.74, 6) is 0.588. The maximum atomic E-state index is 12.1. The van der Waals surface area contributed by atoms with Crippen molar-refractivity contribution in [3.8, 4) is 17.0 Å². The van der Waals surface area contributed by atoms with E-state index >= 15 is 0 Å². The first-order valence-electron chi connectivity index (χ1n) is 8.13. The molecule has 0 atom stereocenters. The standard InChI is InChI=1S/C18H17N5O3/c1-10(2)14-15-12(5-4-6-19-15)23(18(24)25)16(14)11-7-13(26-3)17-20-9-21-22(17)8-11/h4-10H,1-3H3,(H,24,25). The SMILES string of the molecule is COc1cc(-c2c(C(C)C)c3ncccc3n2C(=O)O)cn2ncnc12. The molecule has 4 aromatic rings. The quantitative estimate of drug-likeness (QED) is 0.608. The van der Waals surface area contributed by atoms with E-state index in [1.54, 1.807) is 42.2 Å². The maximum Gasteiger partial charge on any atom is 0.416 e. The zero-order valence-electron chi connectivity index (χ0n) is 14.5. The second kappa shape index (κ2) is 5.83. The Bertz CT molecular complexity index is 1140. The lowest BCUT2D eigenvalue weighted by molar-refractivity contribution is 0.198. The fourth-order valence-corrected chi connectivity index (χ4v) is 3.34. The van der Waals surface area contributed by atoms with Crippen LogP contribution in [-0.4, -0.2) is 42.5 Å². The summed E-state index contributed by atoms with van der Waals surface area (Å²) in [6.07, 6.45) is 3.79. The number of carboxylic acid groups (broad SMARTS) is 1. The van der Waals surface area contributed by atoms with Crippen LogP contribution < -0.4 is 4.74 Å². The number of hydrogen-bond donors (Lipinski definition) is 1. The molecule has 4 aromatic heterocycles. The van der Waals surface area contributed by atoms with Gasteiger partial charge >= 0.3 is 6.09 Å². The van der Waals surface area contributed by atoms with Gasteiger partial charge in [0.2, 0.25) is 0 Å². The topological polar surface area (TPSA) is 94.5 Å². The number of rotatable bonds is 3. The number of methoxy groups -OCH3 is 1. The molecule has 0 spiro atoms. The van der Waals surface area contributed by atoms with Crippen molar-refractivity contribution >= 4 is 22.8 Å². The number of nitrogens with zero attached hydrogens (tertiary/aromatic N) is 5. The molecule has 0 saturated heterocycles. The van der Waals surface area contributed by atoms with Gasteiger partial charge < -0.3 is 9.84 Å². The second-order valence-corrected chi connectivity index (χ2v) is 6.23. The fraction of sp³-hybridized carbons (Fsp3) is 0.222. The summed E-state index contributed by atoms with van der Waals surface area (Å²) < 4.78 is 8.28. The van der Waals surface area contributed by atoms with Crippen LogP contribution in [0, 0.1) is 0 Å². The van der Waals surface area contributed by atoms with Crippen molar-refractivity contribution in [3.63, 3.8) is 0 Å². The van der Waals surface area contributed by atoms with Gasteiger partial charge in [-0.15, -0.1) is 0 Å². The van der Waals surface area contributed by atoms with Gasteiger partial charge in [-0.1, -0.05) is 13.8 Å². The predicted octanol–water partition coefficient (Wildman–Crippen LogP) is 3.40. The first kappa shape index (κ1) is 16.1. The first-order chi connectivity index (χ1) is 12.5. The van der Waals surface area contributed by atoms with Gasteiger partial charge in [0.15, 0.2) is 11.4 Å². The molecule has 0 aliphatic heterocycles. The molecular formula is C18H17N5O3. The van der Waals surface area contributed by atoms with E-state index in [2.05, 4.69) is 15.1 Å². The number of pyridine rings is 2. The predicted molar refractivity (Wildman–Crippen MR) is 95.8 cm³/mol. The first-order valence-corrected chi connectivity index (χ1v) is 8.13. The molecule has 4 heterocycles. The number of fused-ring (bicyclic) bond motifs is 2. The number of aromatic nitrogens is 5. The lowest BCUT2D eigenvalue weighted by atomic mass is 9.99. The molecule has 132 valence electrons. The Hall–Kier alpha value is -3.42. The molecule has 8 nitrogen and oxygen atoms in total. The monoisotopic (exact) mass is 351 g/mol. The summed E-state index contributed by atoms with van der Waals surface area (Å²) in [5.41, 5.74) is 3.90. The van der Waals surface area contributed by atoms with Crippen LogP contribution in [0.2, 0.25) is 0 Å². The zero-order valence-corrected chi connectivity index (χ0v) is 14.5. The van der Waals surface area contributed by atoms with Gasteiger partial charge in [0.1, 0.15) is 6.33 Å². The Morgan fingerprint density at radius 1 is 1.31 bits per heavy atom. The molecule has 0 bridgehead atoms.